The van der Waals surface area contributed by atoms with Crippen LogP contribution in [0.4, 0.5) is 0 Å². The standard InChI is InChI=1S/C18H16O/c1-14-11-12-18(17-10-6-5-9-16(14)17)19-13-15-7-3-2-4-8-15/h2-12H,13H2,1H3. The van der Waals surface area contributed by atoms with Gasteiger partial charge in [-0.05, 0) is 29.5 Å². The van der Waals surface area contributed by atoms with Gasteiger partial charge in [-0.2, -0.15) is 0 Å². The van der Waals surface area contributed by atoms with Crippen molar-refractivity contribution < 1.29 is 4.74 Å². The van der Waals surface area contributed by atoms with Crippen LogP contribution in [-0.2, 0) is 6.61 Å². The van der Waals surface area contributed by atoms with Crippen molar-refractivity contribution in [3.05, 3.63) is 77.9 Å². The summed E-state index contributed by atoms with van der Waals surface area (Å²) >= 11 is 0. The fraction of sp³-hybridized carbons (Fsp3) is 0.111. The van der Waals surface area contributed by atoms with Crippen molar-refractivity contribution in [2.45, 2.75) is 13.5 Å². The molecule has 94 valence electrons. The van der Waals surface area contributed by atoms with Gasteiger partial charge in [-0.1, -0.05) is 60.7 Å². The second-order valence-corrected chi connectivity index (χ2v) is 4.70. The number of aryl methyl sites for hydroxylation is 1. The van der Waals surface area contributed by atoms with Crippen LogP contribution in [0.15, 0.2) is 66.7 Å². The maximum atomic E-state index is 5.96. The summed E-state index contributed by atoms with van der Waals surface area (Å²) in [4.78, 5) is 0. The Bertz CT molecular complexity index is 686. The fourth-order valence-electron chi connectivity index (χ4n) is 2.28. The maximum Gasteiger partial charge on any atom is 0.127 e. The molecule has 0 bridgehead atoms. The first kappa shape index (κ1) is 11.8. The highest BCUT2D eigenvalue weighted by Gasteiger charge is 2.04. The number of ether oxygens (including phenoxy) is 1. The molecule has 3 aromatic rings. The van der Waals surface area contributed by atoms with Crippen LogP contribution >= 0.6 is 0 Å². The van der Waals surface area contributed by atoms with Crippen LogP contribution in [0.2, 0.25) is 0 Å². The molecule has 0 aromatic heterocycles. The Labute approximate surface area is 113 Å². The SMILES string of the molecule is Cc1ccc(OCc2ccccc2)c2ccccc12. The van der Waals surface area contributed by atoms with E-state index in [2.05, 4.69) is 55.5 Å². The summed E-state index contributed by atoms with van der Waals surface area (Å²) in [5.74, 6) is 0.949. The van der Waals surface area contributed by atoms with E-state index < -0.39 is 0 Å². The first-order valence-corrected chi connectivity index (χ1v) is 6.50. The van der Waals surface area contributed by atoms with E-state index in [1.807, 2.05) is 18.2 Å². The average Bonchev–Trinajstić information content (AvgIpc) is 2.48. The number of hydrogen-bond acceptors (Lipinski definition) is 1. The quantitative estimate of drug-likeness (QED) is 0.651. The van der Waals surface area contributed by atoms with Gasteiger partial charge in [0.1, 0.15) is 12.4 Å². The minimum atomic E-state index is 0.605. The van der Waals surface area contributed by atoms with Gasteiger partial charge in [0.25, 0.3) is 0 Å². The monoisotopic (exact) mass is 248 g/mol. The third-order valence-corrected chi connectivity index (χ3v) is 3.34. The molecule has 0 spiro atoms. The third-order valence-electron chi connectivity index (χ3n) is 3.34. The van der Waals surface area contributed by atoms with Crippen molar-refractivity contribution in [2.24, 2.45) is 0 Å². The zero-order chi connectivity index (χ0) is 13.1. The second-order valence-electron chi connectivity index (χ2n) is 4.70. The Morgan fingerprint density at radius 3 is 2.21 bits per heavy atom. The van der Waals surface area contributed by atoms with Gasteiger partial charge in [0.2, 0.25) is 0 Å². The molecule has 0 radical (unpaired) electrons. The topological polar surface area (TPSA) is 9.23 Å². The minimum Gasteiger partial charge on any atom is -0.488 e. The van der Waals surface area contributed by atoms with E-state index in [4.69, 9.17) is 4.74 Å². The predicted molar refractivity (Wildman–Crippen MR) is 79.5 cm³/mol. The molecule has 19 heavy (non-hydrogen) atoms. The van der Waals surface area contributed by atoms with E-state index in [9.17, 15) is 0 Å². The second kappa shape index (κ2) is 5.15. The van der Waals surface area contributed by atoms with Gasteiger partial charge >= 0.3 is 0 Å². The van der Waals surface area contributed by atoms with E-state index in [1.165, 1.54) is 21.9 Å². The highest BCUT2D eigenvalue weighted by Crippen LogP contribution is 2.28. The molecule has 0 aliphatic heterocycles. The molecule has 0 aliphatic carbocycles. The summed E-state index contributed by atoms with van der Waals surface area (Å²) in [7, 11) is 0. The molecule has 0 heterocycles. The van der Waals surface area contributed by atoms with E-state index in [-0.39, 0.29) is 0 Å². The van der Waals surface area contributed by atoms with E-state index >= 15 is 0 Å². The van der Waals surface area contributed by atoms with Gasteiger partial charge in [0, 0.05) is 5.39 Å². The smallest absolute Gasteiger partial charge is 0.127 e. The molecule has 0 saturated heterocycles. The Kier molecular flexibility index (Phi) is 3.20. The van der Waals surface area contributed by atoms with E-state index in [1.54, 1.807) is 0 Å². The Morgan fingerprint density at radius 2 is 1.42 bits per heavy atom. The molecule has 3 rings (SSSR count). The van der Waals surface area contributed by atoms with E-state index in [0.717, 1.165) is 5.75 Å². The van der Waals surface area contributed by atoms with Crippen LogP contribution in [0.25, 0.3) is 10.8 Å². The van der Waals surface area contributed by atoms with Crippen molar-refractivity contribution >= 4 is 10.8 Å². The summed E-state index contributed by atoms with van der Waals surface area (Å²) in [6.07, 6.45) is 0. The van der Waals surface area contributed by atoms with Crippen LogP contribution < -0.4 is 4.74 Å². The molecular weight excluding hydrogens is 232 g/mol. The van der Waals surface area contributed by atoms with Crippen molar-refractivity contribution in [1.29, 1.82) is 0 Å². The molecule has 0 aliphatic rings. The lowest BCUT2D eigenvalue weighted by atomic mass is 10.0. The van der Waals surface area contributed by atoms with Crippen LogP contribution in [-0.4, -0.2) is 0 Å². The van der Waals surface area contributed by atoms with E-state index in [0.29, 0.717) is 6.61 Å². The van der Waals surface area contributed by atoms with Crippen LogP contribution in [0.1, 0.15) is 11.1 Å². The summed E-state index contributed by atoms with van der Waals surface area (Å²) in [5.41, 5.74) is 2.47. The Hall–Kier alpha value is -2.28. The highest BCUT2D eigenvalue weighted by atomic mass is 16.5. The van der Waals surface area contributed by atoms with Crippen molar-refractivity contribution in [1.82, 2.24) is 0 Å². The predicted octanol–water partition coefficient (Wildman–Crippen LogP) is 4.73. The zero-order valence-electron chi connectivity index (χ0n) is 11.0. The van der Waals surface area contributed by atoms with Crippen molar-refractivity contribution in [3.8, 4) is 5.75 Å². The summed E-state index contributed by atoms with van der Waals surface area (Å²) in [5, 5.41) is 2.44. The molecule has 0 atom stereocenters. The number of fused-ring (bicyclic) bond motifs is 1. The van der Waals surface area contributed by atoms with Gasteiger partial charge in [0.05, 0.1) is 0 Å². The lowest BCUT2D eigenvalue weighted by molar-refractivity contribution is 0.310. The minimum absolute atomic E-state index is 0.605. The van der Waals surface area contributed by atoms with Crippen LogP contribution in [0.5, 0.6) is 5.75 Å². The summed E-state index contributed by atoms with van der Waals surface area (Å²) < 4.78 is 5.96. The number of benzene rings is 3. The zero-order valence-corrected chi connectivity index (χ0v) is 11.0. The molecule has 1 nitrogen and oxygen atoms in total. The molecule has 3 aromatic carbocycles. The first-order valence-electron chi connectivity index (χ1n) is 6.50. The lowest BCUT2D eigenvalue weighted by Gasteiger charge is -2.11. The highest BCUT2D eigenvalue weighted by molar-refractivity contribution is 5.90. The first-order chi connectivity index (χ1) is 9.34. The lowest BCUT2D eigenvalue weighted by Crippen LogP contribution is -1.96. The number of hydrogen-bond donors (Lipinski definition) is 0. The Morgan fingerprint density at radius 1 is 0.737 bits per heavy atom. The third kappa shape index (κ3) is 2.45. The van der Waals surface area contributed by atoms with Gasteiger partial charge < -0.3 is 4.74 Å². The molecular formula is C18H16O. The molecule has 0 unspecified atom stereocenters. The molecule has 0 amide bonds. The summed E-state index contributed by atoms with van der Waals surface area (Å²) in [6.45, 7) is 2.73. The van der Waals surface area contributed by atoms with Gasteiger partial charge in [-0.25, -0.2) is 0 Å². The largest absolute Gasteiger partial charge is 0.488 e. The van der Waals surface area contributed by atoms with Gasteiger partial charge in [0.15, 0.2) is 0 Å². The maximum absolute atomic E-state index is 5.96. The molecule has 0 fully saturated rings. The van der Waals surface area contributed by atoms with Gasteiger partial charge in [-0.15, -0.1) is 0 Å². The van der Waals surface area contributed by atoms with Gasteiger partial charge in [-0.3, -0.25) is 0 Å². The summed E-state index contributed by atoms with van der Waals surface area (Å²) in [6, 6.07) is 22.8. The normalized spacial score (nSPS) is 10.6. The van der Waals surface area contributed by atoms with Crippen molar-refractivity contribution in [3.63, 3.8) is 0 Å². The molecule has 1 heteroatoms. The molecule has 0 N–H and O–H groups in total. The number of rotatable bonds is 3. The van der Waals surface area contributed by atoms with Crippen LogP contribution in [0, 0.1) is 6.92 Å². The van der Waals surface area contributed by atoms with Crippen molar-refractivity contribution in [2.75, 3.05) is 0 Å². The Balaban J connectivity index is 1.91. The van der Waals surface area contributed by atoms with Crippen LogP contribution in [0.3, 0.4) is 0 Å². The average molecular weight is 248 g/mol. The molecule has 0 saturated carbocycles. The fourth-order valence-corrected chi connectivity index (χ4v) is 2.28.